The van der Waals surface area contributed by atoms with E-state index < -0.39 is 34.3 Å². The lowest BCUT2D eigenvalue weighted by Crippen LogP contribution is -3.12. The average Bonchev–Trinajstić information content (AvgIpc) is 2.27. The molecule has 6 nitrogen and oxygen atoms in total. The van der Waals surface area contributed by atoms with Crippen molar-refractivity contribution in [1.29, 1.82) is 0 Å². The molecule has 0 aliphatic heterocycles. The predicted molar refractivity (Wildman–Crippen MR) is 57.7 cm³/mol. The van der Waals surface area contributed by atoms with Crippen LogP contribution >= 0.6 is 0 Å². The highest BCUT2D eigenvalue weighted by Gasteiger charge is 2.55. The first-order valence-corrected chi connectivity index (χ1v) is 7.54. The van der Waals surface area contributed by atoms with Crippen LogP contribution in [0.25, 0.3) is 0 Å². The maximum absolute atomic E-state index is 12.1. The molecule has 19 heavy (non-hydrogen) atoms. The number of hydrogen-bond donors (Lipinski definition) is 1. The van der Waals surface area contributed by atoms with Crippen molar-refractivity contribution in [2.45, 2.75) is 17.3 Å². The van der Waals surface area contributed by atoms with Crippen LogP contribution in [0.4, 0.5) is 13.2 Å². The summed E-state index contributed by atoms with van der Waals surface area (Å²) in [5.74, 6) is 0. The van der Waals surface area contributed by atoms with Crippen LogP contribution < -0.4 is 3.87 Å². The molecular formula is C8H8F3NO5S2. The third-order valence-electron chi connectivity index (χ3n) is 2.07. The van der Waals surface area contributed by atoms with Crippen molar-refractivity contribution in [2.24, 2.45) is 0 Å². The summed E-state index contributed by atoms with van der Waals surface area (Å²) in [7, 11) is -11.7. The summed E-state index contributed by atoms with van der Waals surface area (Å²) in [6.45, 7) is 1.57. The largest absolute Gasteiger partial charge is 0.602 e. The van der Waals surface area contributed by atoms with Crippen LogP contribution in [0.3, 0.4) is 0 Å². The quantitative estimate of drug-likeness (QED) is 0.786. The molecule has 1 unspecified atom stereocenters. The molecule has 0 aliphatic carbocycles. The SMILES string of the molecule is Cc1ccc(S(=O)(=O)[NH+]([O-])S(=O)(=O)C(F)(F)F)cc1. The fourth-order valence-corrected chi connectivity index (χ4v) is 3.66. The van der Waals surface area contributed by atoms with Crippen LogP contribution in [0.2, 0.25) is 0 Å². The first kappa shape index (κ1) is 15.9. The predicted octanol–water partition coefficient (Wildman–Crippen LogP) is -0.0840. The van der Waals surface area contributed by atoms with E-state index in [-0.39, 0.29) is 0 Å². The second kappa shape index (κ2) is 4.74. The minimum Gasteiger partial charge on any atom is -0.602 e. The minimum absolute atomic E-state index is 0.588. The summed E-state index contributed by atoms with van der Waals surface area (Å²) in [6, 6.07) is 4.16. The fourth-order valence-electron chi connectivity index (χ4n) is 1.05. The second-order valence-corrected chi connectivity index (χ2v) is 7.46. The lowest BCUT2D eigenvalue weighted by molar-refractivity contribution is -0.555. The average molecular weight is 319 g/mol. The van der Waals surface area contributed by atoms with E-state index >= 15 is 0 Å². The molecule has 0 bridgehead atoms. The molecule has 0 fully saturated rings. The van der Waals surface area contributed by atoms with Gasteiger partial charge in [0.2, 0.25) is 0 Å². The molecule has 0 amide bonds. The van der Waals surface area contributed by atoms with Crippen molar-refractivity contribution in [2.75, 3.05) is 0 Å². The van der Waals surface area contributed by atoms with Gasteiger partial charge in [-0.3, -0.25) is 0 Å². The Labute approximate surface area is 107 Å². The van der Waals surface area contributed by atoms with Crippen molar-refractivity contribution in [3.8, 4) is 0 Å². The molecule has 0 heterocycles. The van der Waals surface area contributed by atoms with Gasteiger partial charge in [-0.05, 0) is 19.1 Å². The Morgan fingerprint density at radius 2 is 1.47 bits per heavy atom. The van der Waals surface area contributed by atoms with Crippen molar-refractivity contribution in [1.82, 2.24) is 0 Å². The summed E-state index contributed by atoms with van der Waals surface area (Å²) >= 11 is 0. The summed E-state index contributed by atoms with van der Waals surface area (Å²) in [6.07, 6.45) is 0. The molecule has 1 aromatic rings. The Morgan fingerprint density at radius 1 is 1.05 bits per heavy atom. The van der Waals surface area contributed by atoms with Gasteiger partial charge in [0.15, 0.2) is 0 Å². The van der Waals surface area contributed by atoms with Crippen LogP contribution in [0.15, 0.2) is 29.2 Å². The zero-order valence-corrected chi connectivity index (χ0v) is 10.9. The van der Waals surface area contributed by atoms with Crippen molar-refractivity contribution in [3.63, 3.8) is 0 Å². The van der Waals surface area contributed by atoms with Gasteiger partial charge in [0.05, 0.1) is 0 Å². The van der Waals surface area contributed by atoms with E-state index in [1.54, 1.807) is 6.92 Å². The molecule has 0 radical (unpaired) electrons. The number of alkyl halides is 3. The van der Waals surface area contributed by atoms with Gasteiger partial charge in [-0.2, -0.15) is 30.0 Å². The van der Waals surface area contributed by atoms with Gasteiger partial charge < -0.3 is 5.21 Å². The monoisotopic (exact) mass is 319 g/mol. The number of quaternary nitrogens is 1. The maximum atomic E-state index is 12.1. The molecule has 0 spiro atoms. The molecule has 1 atom stereocenters. The van der Waals surface area contributed by atoms with Crippen LogP contribution in [-0.4, -0.2) is 22.3 Å². The summed E-state index contributed by atoms with van der Waals surface area (Å²) < 4.78 is 78.1. The van der Waals surface area contributed by atoms with Gasteiger partial charge in [-0.25, -0.2) is 0 Å². The first-order valence-electron chi connectivity index (χ1n) is 4.58. The number of benzene rings is 1. The van der Waals surface area contributed by atoms with E-state index in [4.69, 9.17) is 0 Å². The van der Waals surface area contributed by atoms with Crippen molar-refractivity contribution < 1.29 is 33.9 Å². The van der Waals surface area contributed by atoms with Crippen molar-refractivity contribution >= 4 is 20.0 Å². The van der Waals surface area contributed by atoms with Crippen LogP contribution in [0.5, 0.6) is 0 Å². The van der Waals surface area contributed by atoms with E-state index in [2.05, 4.69) is 0 Å². The van der Waals surface area contributed by atoms with E-state index in [1.165, 1.54) is 12.1 Å². The van der Waals surface area contributed by atoms with Crippen molar-refractivity contribution in [3.05, 3.63) is 35.0 Å². The molecule has 0 aromatic heterocycles. The highest BCUT2D eigenvalue weighted by Crippen LogP contribution is 2.20. The van der Waals surface area contributed by atoms with Gasteiger partial charge in [0.1, 0.15) is 4.90 Å². The Hall–Kier alpha value is -1.17. The Kier molecular flexibility index (Phi) is 3.96. The second-order valence-electron chi connectivity index (χ2n) is 3.52. The van der Waals surface area contributed by atoms with Crippen LogP contribution in [0.1, 0.15) is 5.56 Å². The number of halogens is 3. The Morgan fingerprint density at radius 3 is 1.84 bits per heavy atom. The van der Waals surface area contributed by atoms with E-state index in [0.29, 0.717) is 5.56 Å². The standard InChI is InChI=1S/C8H8F3NO5S2/c1-6-2-4-7(5-3-6)18(14,15)12(13)19(16,17)8(9,10)11/h2-5,12H,1H3. The number of hydrogen-bond acceptors (Lipinski definition) is 5. The minimum atomic E-state index is -6.42. The van der Waals surface area contributed by atoms with Gasteiger partial charge in [-0.1, -0.05) is 17.7 Å². The normalized spacial score (nSPS) is 15.2. The number of sulfonamides is 2. The lowest BCUT2D eigenvalue weighted by Gasteiger charge is -2.21. The van der Waals surface area contributed by atoms with E-state index in [9.17, 15) is 35.2 Å². The molecule has 108 valence electrons. The Bertz CT molecular complexity index is 663. The van der Waals surface area contributed by atoms with Crippen LogP contribution in [0, 0.1) is 12.1 Å². The number of rotatable bonds is 3. The number of aryl methyl sites for hydroxylation is 1. The first-order chi connectivity index (χ1) is 8.40. The Balaban J connectivity index is 3.33. The topological polar surface area (TPSA) is 95.8 Å². The van der Waals surface area contributed by atoms with E-state index in [1.807, 2.05) is 0 Å². The summed E-state index contributed by atoms with van der Waals surface area (Å²) in [5, 5.41) is 11.1. The molecule has 1 rings (SSSR count). The van der Waals surface area contributed by atoms with Gasteiger partial charge in [-0.15, -0.1) is 3.87 Å². The maximum Gasteiger partial charge on any atom is 0.550 e. The highest BCUT2D eigenvalue weighted by atomic mass is 32.3. The zero-order valence-electron chi connectivity index (χ0n) is 9.30. The molecular weight excluding hydrogens is 311 g/mol. The van der Waals surface area contributed by atoms with Gasteiger partial charge >= 0.3 is 25.6 Å². The molecule has 0 saturated carbocycles. The van der Waals surface area contributed by atoms with E-state index in [0.717, 1.165) is 12.1 Å². The van der Waals surface area contributed by atoms with Gasteiger partial charge in [0.25, 0.3) is 0 Å². The molecule has 1 N–H and O–H groups in total. The molecule has 11 heteroatoms. The summed E-state index contributed by atoms with van der Waals surface area (Å²) in [4.78, 5) is -0.809. The fraction of sp³-hybridized carbons (Fsp3) is 0.250. The molecule has 1 aromatic carbocycles. The third kappa shape index (κ3) is 2.88. The molecule has 0 saturated heterocycles. The highest BCUT2D eigenvalue weighted by molar-refractivity contribution is 7.97. The smallest absolute Gasteiger partial charge is 0.550 e. The third-order valence-corrected chi connectivity index (χ3v) is 5.77. The summed E-state index contributed by atoms with van der Waals surface area (Å²) in [5.41, 5.74) is -5.37. The lowest BCUT2D eigenvalue weighted by atomic mass is 10.2. The van der Waals surface area contributed by atoms with Crippen LogP contribution in [-0.2, 0) is 20.0 Å². The van der Waals surface area contributed by atoms with Gasteiger partial charge in [0, 0.05) is 0 Å². The zero-order chi connectivity index (χ0) is 15.1. The number of nitrogens with one attached hydrogen (secondary N) is 1. The molecule has 0 aliphatic rings.